The molecule has 0 saturated carbocycles. The Morgan fingerprint density at radius 3 is 2.31 bits per heavy atom. The molecule has 4 heteroatoms. The van der Waals surface area contributed by atoms with Crippen LogP contribution in [-0.2, 0) is 6.61 Å². The van der Waals surface area contributed by atoms with Gasteiger partial charge in [-0.15, -0.1) is 0 Å². The lowest BCUT2D eigenvalue weighted by Gasteiger charge is -2.14. The van der Waals surface area contributed by atoms with Crippen molar-refractivity contribution in [2.45, 2.75) is 27.4 Å². The second-order valence-corrected chi connectivity index (χ2v) is 7.21. The average molecular weight is 404 g/mol. The van der Waals surface area contributed by atoms with E-state index in [0.717, 1.165) is 39.3 Å². The number of hydrogen-bond donors (Lipinski definition) is 1. The molecule has 1 heterocycles. The molecule has 1 N–H and O–H groups in total. The molecule has 0 aliphatic heterocycles. The Kier molecular flexibility index (Phi) is 6.40. The highest BCUT2D eigenvalue weighted by molar-refractivity contribution is 5.95. The number of hydrogen-bond acceptors (Lipinski definition) is 3. The van der Waals surface area contributed by atoms with Crippen molar-refractivity contribution in [3.8, 4) is 5.75 Å². The van der Waals surface area contributed by atoms with Crippen molar-refractivity contribution in [1.29, 1.82) is 0 Å². The molecule has 0 atom stereocenters. The first-order valence-corrected chi connectivity index (χ1v) is 9.51. The SMILES string of the molecule is Cc1cc(C)c2nc(C)cc(Nc3ccc(OCc4ccccc4)cc3)c2c1.[Cl-]. The van der Waals surface area contributed by atoms with Gasteiger partial charge in [-0.05, 0) is 68.3 Å². The number of fused-ring (bicyclic) bond motifs is 1. The van der Waals surface area contributed by atoms with Crippen molar-refractivity contribution >= 4 is 22.3 Å². The first-order chi connectivity index (χ1) is 13.6. The summed E-state index contributed by atoms with van der Waals surface area (Å²) in [5, 5.41) is 4.69. The molecule has 0 bridgehead atoms. The molecule has 0 saturated heterocycles. The normalized spacial score (nSPS) is 10.4. The summed E-state index contributed by atoms with van der Waals surface area (Å²) >= 11 is 0. The highest BCUT2D eigenvalue weighted by atomic mass is 35.5. The summed E-state index contributed by atoms with van der Waals surface area (Å²) < 4.78 is 5.88. The van der Waals surface area contributed by atoms with E-state index in [-0.39, 0.29) is 12.4 Å². The van der Waals surface area contributed by atoms with Gasteiger partial charge in [0.15, 0.2) is 0 Å². The maximum absolute atomic E-state index is 5.88. The fourth-order valence-corrected chi connectivity index (χ4v) is 3.44. The number of aromatic nitrogens is 1. The fourth-order valence-electron chi connectivity index (χ4n) is 3.44. The molecule has 3 aromatic carbocycles. The quantitative estimate of drug-likeness (QED) is 0.554. The molecule has 1 aromatic heterocycles. The molecule has 3 nitrogen and oxygen atoms in total. The third-order valence-electron chi connectivity index (χ3n) is 4.76. The Balaban J connectivity index is 0.00000240. The standard InChI is InChI=1S/C25H24N2O.ClH/c1-17-13-18(2)25-23(14-17)24(15-19(3)26-25)27-21-9-11-22(12-10-21)28-16-20-7-5-4-6-8-20;/h4-15H,16H2,1-3H3,(H,26,27);1H/p-1. The lowest BCUT2D eigenvalue weighted by molar-refractivity contribution is -0.00000619. The Hall–Kier alpha value is -3.04. The van der Waals surface area contributed by atoms with Gasteiger partial charge >= 0.3 is 0 Å². The number of ether oxygens (including phenoxy) is 1. The second kappa shape index (κ2) is 8.97. The molecule has 0 amide bonds. The van der Waals surface area contributed by atoms with Gasteiger partial charge in [-0.2, -0.15) is 0 Å². The maximum Gasteiger partial charge on any atom is 0.119 e. The Morgan fingerprint density at radius 1 is 0.862 bits per heavy atom. The molecular weight excluding hydrogens is 380 g/mol. The third-order valence-corrected chi connectivity index (χ3v) is 4.76. The van der Waals surface area contributed by atoms with E-state index in [1.54, 1.807) is 0 Å². The predicted molar refractivity (Wildman–Crippen MR) is 116 cm³/mol. The summed E-state index contributed by atoms with van der Waals surface area (Å²) in [6.07, 6.45) is 0. The second-order valence-electron chi connectivity index (χ2n) is 7.21. The first kappa shape index (κ1) is 20.7. The van der Waals surface area contributed by atoms with Crippen molar-refractivity contribution < 1.29 is 17.1 Å². The van der Waals surface area contributed by atoms with Gasteiger partial charge in [-0.25, -0.2) is 0 Å². The van der Waals surface area contributed by atoms with Crippen LogP contribution in [0.4, 0.5) is 11.4 Å². The van der Waals surface area contributed by atoms with Crippen LogP contribution in [0, 0.1) is 20.8 Å². The van der Waals surface area contributed by atoms with Gasteiger partial charge < -0.3 is 22.5 Å². The van der Waals surface area contributed by atoms with E-state index in [0.29, 0.717) is 6.61 Å². The minimum atomic E-state index is 0. The number of benzene rings is 3. The maximum atomic E-state index is 5.88. The number of pyridine rings is 1. The van der Waals surface area contributed by atoms with Crippen molar-refractivity contribution in [2.75, 3.05) is 5.32 Å². The van der Waals surface area contributed by atoms with Gasteiger partial charge in [0.1, 0.15) is 12.4 Å². The van der Waals surface area contributed by atoms with Crippen molar-refractivity contribution in [2.24, 2.45) is 0 Å². The third kappa shape index (κ3) is 4.87. The van der Waals surface area contributed by atoms with Crippen LogP contribution in [0.15, 0.2) is 72.8 Å². The molecule has 0 radical (unpaired) electrons. The van der Waals surface area contributed by atoms with Crippen LogP contribution in [0.25, 0.3) is 10.9 Å². The Bertz CT molecular complexity index is 1110. The van der Waals surface area contributed by atoms with Gasteiger partial charge in [0, 0.05) is 22.5 Å². The van der Waals surface area contributed by atoms with Crippen LogP contribution in [0.1, 0.15) is 22.4 Å². The highest BCUT2D eigenvalue weighted by Crippen LogP contribution is 2.30. The van der Waals surface area contributed by atoms with Gasteiger partial charge in [0.25, 0.3) is 0 Å². The molecular formula is C25H24ClN2O-. The average Bonchev–Trinajstić information content (AvgIpc) is 2.69. The molecule has 4 aromatic rings. The minimum absolute atomic E-state index is 0. The largest absolute Gasteiger partial charge is 1.00 e. The van der Waals surface area contributed by atoms with E-state index in [2.05, 4.69) is 49.5 Å². The van der Waals surface area contributed by atoms with E-state index in [4.69, 9.17) is 9.72 Å². The number of nitrogens with zero attached hydrogens (tertiary/aromatic N) is 1. The smallest absolute Gasteiger partial charge is 0.119 e. The van der Waals surface area contributed by atoms with Gasteiger partial charge in [0.05, 0.1) is 5.52 Å². The topological polar surface area (TPSA) is 34.2 Å². The molecule has 0 aliphatic rings. The molecule has 0 fully saturated rings. The Morgan fingerprint density at radius 2 is 1.59 bits per heavy atom. The monoisotopic (exact) mass is 403 g/mol. The van der Waals surface area contributed by atoms with E-state index in [9.17, 15) is 0 Å². The summed E-state index contributed by atoms with van der Waals surface area (Å²) in [4.78, 5) is 4.73. The summed E-state index contributed by atoms with van der Waals surface area (Å²) in [6, 6.07) is 24.7. The van der Waals surface area contributed by atoms with Crippen LogP contribution < -0.4 is 22.5 Å². The van der Waals surface area contributed by atoms with Crippen molar-refractivity contribution in [3.63, 3.8) is 0 Å². The molecule has 0 aliphatic carbocycles. The van der Waals surface area contributed by atoms with Crippen molar-refractivity contribution in [1.82, 2.24) is 4.98 Å². The lowest BCUT2D eigenvalue weighted by atomic mass is 10.0. The van der Waals surface area contributed by atoms with Gasteiger partial charge in [-0.3, -0.25) is 4.98 Å². The summed E-state index contributed by atoms with van der Waals surface area (Å²) in [5.41, 5.74) is 7.76. The summed E-state index contributed by atoms with van der Waals surface area (Å²) in [5.74, 6) is 0.858. The van der Waals surface area contributed by atoms with Crippen LogP contribution >= 0.6 is 0 Å². The van der Waals surface area contributed by atoms with Crippen LogP contribution in [0.2, 0.25) is 0 Å². The van der Waals surface area contributed by atoms with Gasteiger partial charge in [0.2, 0.25) is 0 Å². The van der Waals surface area contributed by atoms with E-state index in [1.807, 2.05) is 49.4 Å². The molecule has 29 heavy (non-hydrogen) atoms. The molecule has 0 spiro atoms. The fraction of sp³-hybridized carbons (Fsp3) is 0.160. The first-order valence-electron chi connectivity index (χ1n) is 9.51. The van der Waals surface area contributed by atoms with Crippen LogP contribution in [0.3, 0.4) is 0 Å². The van der Waals surface area contributed by atoms with E-state index in [1.165, 1.54) is 11.1 Å². The van der Waals surface area contributed by atoms with E-state index < -0.39 is 0 Å². The summed E-state index contributed by atoms with van der Waals surface area (Å²) in [6.45, 7) is 6.84. The highest BCUT2D eigenvalue weighted by Gasteiger charge is 2.08. The van der Waals surface area contributed by atoms with Crippen LogP contribution in [-0.4, -0.2) is 4.98 Å². The molecule has 148 valence electrons. The van der Waals surface area contributed by atoms with Crippen LogP contribution in [0.5, 0.6) is 5.75 Å². The Labute approximate surface area is 178 Å². The predicted octanol–water partition coefficient (Wildman–Crippen LogP) is 3.49. The number of halogens is 1. The zero-order valence-electron chi connectivity index (χ0n) is 16.9. The lowest BCUT2D eigenvalue weighted by Crippen LogP contribution is -3.00. The zero-order chi connectivity index (χ0) is 19.5. The number of anilines is 2. The summed E-state index contributed by atoms with van der Waals surface area (Å²) in [7, 11) is 0. The van der Waals surface area contributed by atoms with Crippen molar-refractivity contribution in [3.05, 3.63) is 95.2 Å². The molecule has 0 unspecified atom stereocenters. The molecule has 4 rings (SSSR count). The number of aryl methyl sites for hydroxylation is 3. The number of rotatable bonds is 5. The number of nitrogens with one attached hydrogen (secondary N) is 1. The minimum Gasteiger partial charge on any atom is -1.00 e. The zero-order valence-corrected chi connectivity index (χ0v) is 17.6. The van der Waals surface area contributed by atoms with E-state index >= 15 is 0 Å². The van der Waals surface area contributed by atoms with Gasteiger partial charge in [-0.1, -0.05) is 42.0 Å².